The van der Waals surface area contributed by atoms with E-state index < -0.39 is 0 Å². The summed E-state index contributed by atoms with van der Waals surface area (Å²) in [5.74, 6) is 0.619. The van der Waals surface area contributed by atoms with Gasteiger partial charge >= 0.3 is 0 Å². The first-order valence-corrected chi connectivity index (χ1v) is 6.78. The normalized spacial score (nSPS) is 20.7. The number of benzene rings is 1. The highest BCUT2D eigenvalue weighted by Gasteiger charge is 2.19. The minimum atomic E-state index is 0.0316. The molecule has 2 atom stereocenters. The summed E-state index contributed by atoms with van der Waals surface area (Å²) in [6, 6.07) is 7.62. The molecule has 2 N–H and O–H groups in total. The summed E-state index contributed by atoms with van der Waals surface area (Å²) in [5, 5.41) is 7.02. The lowest BCUT2D eigenvalue weighted by Crippen LogP contribution is -2.28. The molecule has 0 radical (unpaired) electrons. The van der Waals surface area contributed by atoms with E-state index in [-0.39, 0.29) is 11.9 Å². The summed E-state index contributed by atoms with van der Waals surface area (Å²) in [4.78, 5) is 11.9. The Morgan fingerprint density at radius 2 is 2.22 bits per heavy atom. The molecule has 1 amide bonds. The first kappa shape index (κ1) is 13.4. The fourth-order valence-electron chi connectivity index (χ4n) is 2.29. The zero-order valence-electron chi connectivity index (χ0n) is 10.6. The monoisotopic (exact) mass is 266 g/mol. The van der Waals surface area contributed by atoms with E-state index in [0.717, 1.165) is 25.1 Å². The van der Waals surface area contributed by atoms with Crippen LogP contribution < -0.4 is 10.6 Å². The molecule has 1 saturated heterocycles. The summed E-state index contributed by atoms with van der Waals surface area (Å²) < 4.78 is 0. The van der Waals surface area contributed by atoms with Crippen LogP contribution in [-0.2, 0) is 4.79 Å². The molecule has 2 rings (SSSR count). The van der Waals surface area contributed by atoms with E-state index in [0.29, 0.717) is 17.4 Å². The molecule has 1 aromatic rings. The van der Waals surface area contributed by atoms with Gasteiger partial charge in [-0.1, -0.05) is 23.7 Å². The van der Waals surface area contributed by atoms with Gasteiger partial charge in [-0.2, -0.15) is 0 Å². The number of amides is 1. The Morgan fingerprint density at radius 1 is 1.50 bits per heavy atom. The van der Waals surface area contributed by atoms with Crippen molar-refractivity contribution in [3.63, 3.8) is 0 Å². The molecule has 0 saturated carbocycles. The number of carbonyl (C=O) groups is 1. The molecule has 4 heteroatoms. The number of nitrogens with one attached hydrogen (secondary N) is 2. The Bertz CT molecular complexity index is 399. The van der Waals surface area contributed by atoms with E-state index in [2.05, 4.69) is 10.6 Å². The van der Waals surface area contributed by atoms with Crippen molar-refractivity contribution in [1.29, 1.82) is 0 Å². The van der Waals surface area contributed by atoms with Gasteiger partial charge in [-0.15, -0.1) is 0 Å². The standard InChI is InChI=1S/C14H19ClN2O/c1-10(12-2-4-13(15)5-3-12)17-14(18)8-11-6-7-16-9-11/h2-5,10-11,16H,6-9H2,1H3,(H,17,18). The number of halogens is 1. The van der Waals surface area contributed by atoms with Crippen molar-refractivity contribution in [3.8, 4) is 0 Å². The van der Waals surface area contributed by atoms with E-state index in [1.165, 1.54) is 0 Å². The van der Waals surface area contributed by atoms with Gasteiger partial charge in [0.15, 0.2) is 0 Å². The summed E-state index contributed by atoms with van der Waals surface area (Å²) >= 11 is 5.84. The van der Waals surface area contributed by atoms with Crippen LogP contribution in [-0.4, -0.2) is 19.0 Å². The smallest absolute Gasteiger partial charge is 0.220 e. The number of hydrogen-bond acceptors (Lipinski definition) is 2. The van der Waals surface area contributed by atoms with Crippen molar-refractivity contribution in [2.45, 2.75) is 25.8 Å². The maximum Gasteiger partial charge on any atom is 0.220 e. The Labute approximate surface area is 113 Å². The van der Waals surface area contributed by atoms with Crippen LogP contribution in [0.2, 0.25) is 5.02 Å². The molecular weight excluding hydrogens is 248 g/mol. The topological polar surface area (TPSA) is 41.1 Å². The summed E-state index contributed by atoms with van der Waals surface area (Å²) in [6.45, 7) is 3.99. The lowest BCUT2D eigenvalue weighted by molar-refractivity contribution is -0.122. The highest BCUT2D eigenvalue weighted by molar-refractivity contribution is 6.30. The quantitative estimate of drug-likeness (QED) is 0.879. The maximum atomic E-state index is 11.9. The predicted molar refractivity (Wildman–Crippen MR) is 73.6 cm³/mol. The second kappa shape index (κ2) is 6.21. The van der Waals surface area contributed by atoms with Crippen molar-refractivity contribution in [1.82, 2.24) is 10.6 Å². The van der Waals surface area contributed by atoms with Gasteiger partial charge in [-0.25, -0.2) is 0 Å². The van der Waals surface area contributed by atoms with Crippen LogP contribution in [0.1, 0.15) is 31.4 Å². The lowest BCUT2D eigenvalue weighted by Gasteiger charge is -2.16. The first-order valence-electron chi connectivity index (χ1n) is 6.40. The molecule has 0 aromatic heterocycles. The molecular formula is C14H19ClN2O. The molecule has 1 fully saturated rings. The average Bonchev–Trinajstić information content (AvgIpc) is 2.82. The highest BCUT2D eigenvalue weighted by Crippen LogP contribution is 2.17. The molecule has 98 valence electrons. The summed E-state index contributed by atoms with van der Waals surface area (Å²) in [5.41, 5.74) is 1.08. The van der Waals surface area contributed by atoms with E-state index in [1.54, 1.807) is 0 Å². The predicted octanol–water partition coefficient (Wildman–Crippen LogP) is 2.52. The van der Waals surface area contributed by atoms with Crippen molar-refractivity contribution in [2.24, 2.45) is 5.92 Å². The third-order valence-corrected chi connectivity index (χ3v) is 3.64. The molecule has 1 aliphatic heterocycles. The van der Waals surface area contributed by atoms with E-state index >= 15 is 0 Å². The highest BCUT2D eigenvalue weighted by atomic mass is 35.5. The third-order valence-electron chi connectivity index (χ3n) is 3.38. The van der Waals surface area contributed by atoms with E-state index in [4.69, 9.17) is 11.6 Å². The van der Waals surface area contributed by atoms with Crippen LogP contribution in [0.4, 0.5) is 0 Å². The van der Waals surface area contributed by atoms with Gasteiger partial charge in [0.1, 0.15) is 0 Å². The lowest BCUT2D eigenvalue weighted by atomic mass is 10.0. The minimum Gasteiger partial charge on any atom is -0.350 e. The van der Waals surface area contributed by atoms with Gasteiger partial charge in [-0.3, -0.25) is 4.79 Å². The van der Waals surface area contributed by atoms with Crippen LogP contribution in [0.5, 0.6) is 0 Å². The number of rotatable bonds is 4. The molecule has 3 nitrogen and oxygen atoms in total. The van der Waals surface area contributed by atoms with Gasteiger partial charge in [-0.05, 0) is 50.0 Å². The Morgan fingerprint density at radius 3 is 2.83 bits per heavy atom. The van der Waals surface area contributed by atoms with E-state index in [1.807, 2.05) is 31.2 Å². The first-order chi connectivity index (χ1) is 8.65. The molecule has 1 aromatic carbocycles. The SMILES string of the molecule is CC(NC(=O)CC1CCNC1)c1ccc(Cl)cc1. The van der Waals surface area contributed by atoms with Gasteiger partial charge in [0.2, 0.25) is 5.91 Å². The second-order valence-electron chi connectivity index (χ2n) is 4.90. The number of hydrogen-bond donors (Lipinski definition) is 2. The Hall–Kier alpha value is -1.06. The van der Waals surface area contributed by atoms with Crippen LogP contribution in [0.3, 0.4) is 0 Å². The van der Waals surface area contributed by atoms with Crippen LogP contribution >= 0.6 is 11.6 Å². The zero-order chi connectivity index (χ0) is 13.0. The molecule has 18 heavy (non-hydrogen) atoms. The Balaban J connectivity index is 1.84. The van der Waals surface area contributed by atoms with Crippen LogP contribution in [0.25, 0.3) is 0 Å². The van der Waals surface area contributed by atoms with Crippen molar-refractivity contribution >= 4 is 17.5 Å². The molecule has 1 aliphatic rings. The average molecular weight is 267 g/mol. The van der Waals surface area contributed by atoms with Gasteiger partial charge in [0, 0.05) is 11.4 Å². The third kappa shape index (κ3) is 3.72. The minimum absolute atomic E-state index is 0.0316. The van der Waals surface area contributed by atoms with Gasteiger partial charge in [0.05, 0.1) is 6.04 Å². The fourth-order valence-corrected chi connectivity index (χ4v) is 2.41. The van der Waals surface area contributed by atoms with Crippen LogP contribution in [0, 0.1) is 5.92 Å². The molecule has 0 bridgehead atoms. The van der Waals surface area contributed by atoms with E-state index in [9.17, 15) is 4.79 Å². The largest absolute Gasteiger partial charge is 0.350 e. The molecule has 0 aliphatic carbocycles. The molecule has 2 unspecified atom stereocenters. The van der Waals surface area contributed by atoms with Gasteiger partial charge in [0.25, 0.3) is 0 Å². The molecule has 1 heterocycles. The van der Waals surface area contributed by atoms with Crippen molar-refractivity contribution in [2.75, 3.05) is 13.1 Å². The summed E-state index contributed by atoms with van der Waals surface area (Å²) in [6.07, 6.45) is 1.72. The van der Waals surface area contributed by atoms with Crippen molar-refractivity contribution < 1.29 is 4.79 Å². The molecule has 0 spiro atoms. The Kier molecular flexibility index (Phi) is 4.61. The summed E-state index contributed by atoms with van der Waals surface area (Å²) in [7, 11) is 0. The number of carbonyl (C=O) groups excluding carboxylic acids is 1. The fraction of sp³-hybridized carbons (Fsp3) is 0.500. The van der Waals surface area contributed by atoms with Gasteiger partial charge < -0.3 is 10.6 Å². The maximum absolute atomic E-state index is 11.9. The zero-order valence-corrected chi connectivity index (χ0v) is 11.3. The van der Waals surface area contributed by atoms with Crippen molar-refractivity contribution in [3.05, 3.63) is 34.9 Å². The van der Waals surface area contributed by atoms with Crippen LogP contribution in [0.15, 0.2) is 24.3 Å². The second-order valence-corrected chi connectivity index (χ2v) is 5.34.